The molecule has 122 valence electrons. The lowest BCUT2D eigenvalue weighted by atomic mass is 9.89. The SMILES string of the molecule is CCCNC(Cc1ccc(CC)s1)C(C)(C)N(CC)CC. The maximum absolute atomic E-state index is 3.80. The third kappa shape index (κ3) is 5.08. The van der Waals surface area contributed by atoms with Gasteiger partial charge in [-0.15, -0.1) is 11.3 Å². The monoisotopic (exact) mass is 310 g/mol. The largest absolute Gasteiger partial charge is 0.312 e. The minimum atomic E-state index is 0.176. The summed E-state index contributed by atoms with van der Waals surface area (Å²) in [6.45, 7) is 17.1. The van der Waals surface area contributed by atoms with Crippen LogP contribution in [0.15, 0.2) is 12.1 Å². The van der Waals surface area contributed by atoms with Gasteiger partial charge in [0.2, 0.25) is 0 Å². The van der Waals surface area contributed by atoms with Crippen LogP contribution >= 0.6 is 11.3 Å². The molecule has 1 rings (SSSR count). The fourth-order valence-corrected chi connectivity index (χ4v) is 4.08. The molecule has 21 heavy (non-hydrogen) atoms. The highest BCUT2D eigenvalue weighted by Gasteiger charge is 2.33. The van der Waals surface area contributed by atoms with Crippen molar-refractivity contribution in [2.75, 3.05) is 19.6 Å². The molecule has 1 atom stereocenters. The molecule has 0 amide bonds. The fraction of sp³-hybridized carbons (Fsp3) is 0.778. The summed E-state index contributed by atoms with van der Waals surface area (Å²) in [5.41, 5.74) is 0.176. The van der Waals surface area contributed by atoms with Gasteiger partial charge in [-0.3, -0.25) is 4.90 Å². The van der Waals surface area contributed by atoms with Gasteiger partial charge in [0.1, 0.15) is 0 Å². The van der Waals surface area contributed by atoms with Crippen LogP contribution in [0.2, 0.25) is 0 Å². The molecule has 0 radical (unpaired) electrons. The molecule has 0 aliphatic heterocycles. The third-order valence-corrected chi connectivity index (χ3v) is 5.79. The molecular weight excluding hydrogens is 276 g/mol. The Hall–Kier alpha value is -0.380. The number of nitrogens with one attached hydrogen (secondary N) is 1. The van der Waals surface area contributed by atoms with Crippen molar-refractivity contribution >= 4 is 11.3 Å². The number of likely N-dealkylation sites (N-methyl/N-ethyl adjacent to an activating group) is 1. The number of hydrogen-bond donors (Lipinski definition) is 1. The number of aryl methyl sites for hydroxylation is 1. The van der Waals surface area contributed by atoms with E-state index in [1.54, 1.807) is 0 Å². The Labute approximate surface area is 135 Å². The Bertz CT molecular complexity index is 394. The molecule has 0 saturated carbocycles. The minimum absolute atomic E-state index is 0.176. The van der Waals surface area contributed by atoms with E-state index in [-0.39, 0.29) is 5.54 Å². The first-order chi connectivity index (χ1) is 9.99. The summed E-state index contributed by atoms with van der Waals surface area (Å²) < 4.78 is 0. The van der Waals surface area contributed by atoms with Crippen LogP contribution in [0.1, 0.15) is 57.7 Å². The van der Waals surface area contributed by atoms with E-state index in [9.17, 15) is 0 Å². The van der Waals surface area contributed by atoms with Crippen LogP contribution in [0.5, 0.6) is 0 Å². The van der Waals surface area contributed by atoms with Crippen LogP contribution in [0, 0.1) is 0 Å². The summed E-state index contributed by atoms with van der Waals surface area (Å²) >= 11 is 1.98. The first kappa shape index (κ1) is 18.7. The molecule has 0 aliphatic carbocycles. The number of thiophene rings is 1. The van der Waals surface area contributed by atoms with Crippen molar-refractivity contribution in [1.82, 2.24) is 10.2 Å². The molecule has 0 spiro atoms. The van der Waals surface area contributed by atoms with E-state index in [0.717, 1.165) is 32.5 Å². The second-order valence-electron chi connectivity index (χ2n) is 6.26. The predicted octanol–water partition coefficient (Wildman–Crippen LogP) is 4.34. The predicted molar refractivity (Wildman–Crippen MR) is 96.5 cm³/mol. The maximum Gasteiger partial charge on any atom is 0.0309 e. The number of nitrogens with zero attached hydrogens (tertiary/aromatic N) is 1. The summed E-state index contributed by atoms with van der Waals surface area (Å²) in [5, 5.41) is 3.80. The van der Waals surface area contributed by atoms with Crippen molar-refractivity contribution in [3.63, 3.8) is 0 Å². The summed E-state index contributed by atoms with van der Waals surface area (Å²) in [5.74, 6) is 0. The molecule has 1 heterocycles. The normalized spacial score (nSPS) is 13.9. The van der Waals surface area contributed by atoms with Crippen molar-refractivity contribution in [2.24, 2.45) is 0 Å². The Morgan fingerprint density at radius 3 is 2.19 bits per heavy atom. The van der Waals surface area contributed by atoms with Crippen molar-refractivity contribution in [3.05, 3.63) is 21.9 Å². The average molecular weight is 311 g/mol. The molecule has 1 N–H and O–H groups in total. The second kappa shape index (κ2) is 8.92. The lowest BCUT2D eigenvalue weighted by Crippen LogP contribution is -2.58. The lowest BCUT2D eigenvalue weighted by Gasteiger charge is -2.44. The second-order valence-corrected chi connectivity index (χ2v) is 7.51. The zero-order chi connectivity index (χ0) is 15.9. The molecule has 2 nitrogen and oxygen atoms in total. The van der Waals surface area contributed by atoms with E-state index in [1.807, 2.05) is 11.3 Å². The molecule has 0 fully saturated rings. The van der Waals surface area contributed by atoms with E-state index in [0.29, 0.717) is 6.04 Å². The Morgan fingerprint density at radius 2 is 1.71 bits per heavy atom. The molecule has 0 aromatic carbocycles. The van der Waals surface area contributed by atoms with Gasteiger partial charge in [0.25, 0.3) is 0 Å². The maximum atomic E-state index is 3.80. The topological polar surface area (TPSA) is 15.3 Å². The van der Waals surface area contributed by atoms with Gasteiger partial charge in [0.15, 0.2) is 0 Å². The fourth-order valence-electron chi connectivity index (χ4n) is 3.07. The summed E-state index contributed by atoms with van der Waals surface area (Å²) in [4.78, 5) is 5.59. The molecule has 1 aromatic heterocycles. The zero-order valence-corrected chi connectivity index (χ0v) is 15.6. The molecule has 1 aromatic rings. The summed E-state index contributed by atoms with van der Waals surface area (Å²) in [6, 6.07) is 5.12. The highest BCUT2D eigenvalue weighted by Crippen LogP contribution is 2.25. The standard InChI is InChI=1S/C18H34N2S/c1-7-13-19-17(18(5,6)20(9-3)10-4)14-16-12-11-15(8-2)21-16/h11-12,17,19H,7-10,13-14H2,1-6H3. The molecular formula is C18H34N2S. The first-order valence-electron chi connectivity index (χ1n) is 8.55. The number of hydrogen-bond acceptors (Lipinski definition) is 3. The summed E-state index contributed by atoms with van der Waals surface area (Å²) in [7, 11) is 0. The molecule has 1 unspecified atom stereocenters. The first-order valence-corrected chi connectivity index (χ1v) is 9.37. The average Bonchev–Trinajstić information content (AvgIpc) is 2.92. The molecule has 0 aliphatic rings. The van der Waals surface area contributed by atoms with E-state index in [1.165, 1.54) is 16.2 Å². The van der Waals surface area contributed by atoms with Crippen molar-refractivity contribution in [2.45, 2.75) is 72.4 Å². The van der Waals surface area contributed by atoms with E-state index in [2.05, 4.69) is 63.9 Å². The Kier molecular flexibility index (Phi) is 7.93. The van der Waals surface area contributed by atoms with Gasteiger partial charge in [0.05, 0.1) is 0 Å². The van der Waals surface area contributed by atoms with Crippen LogP contribution < -0.4 is 5.32 Å². The quantitative estimate of drug-likeness (QED) is 0.691. The lowest BCUT2D eigenvalue weighted by molar-refractivity contribution is 0.0914. The summed E-state index contributed by atoms with van der Waals surface area (Å²) in [6.07, 6.45) is 3.47. The van der Waals surface area contributed by atoms with Gasteiger partial charge in [-0.1, -0.05) is 27.7 Å². The zero-order valence-electron chi connectivity index (χ0n) is 14.8. The van der Waals surface area contributed by atoms with E-state index >= 15 is 0 Å². The Balaban J connectivity index is 2.87. The van der Waals surface area contributed by atoms with Gasteiger partial charge in [0, 0.05) is 21.3 Å². The van der Waals surface area contributed by atoms with Gasteiger partial charge in [-0.05, 0) is 64.9 Å². The molecule has 0 bridgehead atoms. The van der Waals surface area contributed by atoms with Crippen molar-refractivity contribution in [3.8, 4) is 0 Å². The molecule has 3 heteroatoms. The van der Waals surface area contributed by atoms with Crippen molar-refractivity contribution < 1.29 is 0 Å². The van der Waals surface area contributed by atoms with Gasteiger partial charge in [-0.2, -0.15) is 0 Å². The van der Waals surface area contributed by atoms with Gasteiger partial charge in [-0.25, -0.2) is 0 Å². The van der Waals surface area contributed by atoms with Crippen molar-refractivity contribution in [1.29, 1.82) is 0 Å². The smallest absolute Gasteiger partial charge is 0.0309 e. The van der Waals surface area contributed by atoms with E-state index in [4.69, 9.17) is 0 Å². The van der Waals surface area contributed by atoms with Crippen LogP contribution in [-0.2, 0) is 12.8 Å². The molecule has 0 saturated heterocycles. The van der Waals surface area contributed by atoms with Gasteiger partial charge >= 0.3 is 0 Å². The van der Waals surface area contributed by atoms with Crippen LogP contribution in [0.3, 0.4) is 0 Å². The highest BCUT2D eigenvalue weighted by molar-refractivity contribution is 7.11. The highest BCUT2D eigenvalue weighted by atomic mass is 32.1. The van der Waals surface area contributed by atoms with Crippen LogP contribution in [0.4, 0.5) is 0 Å². The minimum Gasteiger partial charge on any atom is -0.312 e. The van der Waals surface area contributed by atoms with E-state index < -0.39 is 0 Å². The third-order valence-electron chi connectivity index (χ3n) is 4.54. The number of rotatable bonds is 10. The van der Waals surface area contributed by atoms with Crippen LogP contribution in [0.25, 0.3) is 0 Å². The van der Waals surface area contributed by atoms with Gasteiger partial charge < -0.3 is 5.32 Å². The Morgan fingerprint density at radius 1 is 1.10 bits per heavy atom. The van der Waals surface area contributed by atoms with Crippen LogP contribution in [-0.4, -0.2) is 36.1 Å².